The molecule has 0 radical (unpaired) electrons. The summed E-state index contributed by atoms with van der Waals surface area (Å²) in [5.41, 5.74) is 3.27. The summed E-state index contributed by atoms with van der Waals surface area (Å²) in [6.45, 7) is 1.84. The van der Waals surface area contributed by atoms with Crippen molar-refractivity contribution in [1.29, 1.82) is 0 Å². The molecule has 3 rings (SSSR count). The topological polar surface area (TPSA) is 68.8 Å². The van der Waals surface area contributed by atoms with Crippen molar-refractivity contribution in [2.45, 2.75) is 38.3 Å². The van der Waals surface area contributed by atoms with E-state index in [1.165, 1.54) is 11.1 Å². The summed E-state index contributed by atoms with van der Waals surface area (Å²) in [7, 11) is 4.70. The van der Waals surface area contributed by atoms with Gasteiger partial charge in [0, 0.05) is 17.8 Å². The van der Waals surface area contributed by atoms with Crippen molar-refractivity contribution in [1.82, 2.24) is 5.32 Å². The Morgan fingerprint density at radius 1 is 1.07 bits per heavy atom. The smallest absolute Gasteiger partial charge is 0.242 e. The number of benzene rings is 2. The van der Waals surface area contributed by atoms with E-state index in [9.17, 15) is 4.79 Å². The van der Waals surface area contributed by atoms with E-state index >= 15 is 0 Å². The normalized spacial score (nSPS) is 16.5. The van der Waals surface area contributed by atoms with Crippen LogP contribution in [0.5, 0.6) is 17.2 Å². The van der Waals surface area contributed by atoms with Crippen molar-refractivity contribution < 1.29 is 19.0 Å². The lowest BCUT2D eigenvalue weighted by Crippen LogP contribution is -2.40. The molecule has 0 aliphatic heterocycles. The highest BCUT2D eigenvalue weighted by Gasteiger charge is 2.24. The molecule has 1 aliphatic carbocycles. The Kier molecular flexibility index (Phi) is 6.29. The van der Waals surface area contributed by atoms with E-state index in [0.717, 1.165) is 24.9 Å². The summed E-state index contributed by atoms with van der Waals surface area (Å²) < 4.78 is 16.1. The second-order valence-electron chi connectivity index (χ2n) is 6.93. The zero-order valence-electron chi connectivity index (χ0n) is 16.9. The molecule has 0 unspecified atom stereocenters. The van der Waals surface area contributed by atoms with E-state index in [1.54, 1.807) is 33.5 Å². The number of amides is 1. The SMILES string of the molecule is COc1cc(N[C@H](C)C(=O)N[C@H]2CCCc3ccccc32)cc(OC)c1OC. The first-order valence-electron chi connectivity index (χ1n) is 9.52. The van der Waals surface area contributed by atoms with Crippen molar-refractivity contribution in [2.75, 3.05) is 26.6 Å². The Balaban J connectivity index is 1.71. The van der Waals surface area contributed by atoms with Crippen molar-refractivity contribution in [3.63, 3.8) is 0 Å². The predicted octanol–water partition coefficient (Wildman–Crippen LogP) is 3.71. The van der Waals surface area contributed by atoms with Crippen LogP contribution in [0.15, 0.2) is 36.4 Å². The quantitative estimate of drug-likeness (QED) is 0.762. The fourth-order valence-corrected chi connectivity index (χ4v) is 3.68. The number of rotatable bonds is 7. The molecule has 0 saturated carbocycles. The summed E-state index contributed by atoms with van der Waals surface area (Å²) in [5, 5.41) is 6.41. The maximum atomic E-state index is 12.8. The molecular formula is C22H28N2O4. The van der Waals surface area contributed by atoms with Crippen LogP contribution in [0, 0.1) is 0 Å². The monoisotopic (exact) mass is 384 g/mol. The van der Waals surface area contributed by atoms with Crippen molar-refractivity contribution in [2.24, 2.45) is 0 Å². The maximum absolute atomic E-state index is 12.8. The molecule has 0 aromatic heterocycles. The van der Waals surface area contributed by atoms with Crippen LogP contribution < -0.4 is 24.8 Å². The van der Waals surface area contributed by atoms with Crippen LogP contribution in [-0.2, 0) is 11.2 Å². The van der Waals surface area contributed by atoms with Gasteiger partial charge in [0.2, 0.25) is 11.7 Å². The molecule has 6 heteroatoms. The third-order valence-corrected chi connectivity index (χ3v) is 5.13. The molecule has 150 valence electrons. The van der Waals surface area contributed by atoms with E-state index in [4.69, 9.17) is 14.2 Å². The number of hydrogen-bond acceptors (Lipinski definition) is 5. The highest BCUT2D eigenvalue weighted by molar-refractivity contribution is 5.85. The first kappa shape index (κ1) is 19.9. The van der Waals surface area contributed by atoms with Crippen molar-refractivity contribution in [3.8, 4) is 17.2 Å². The lowest BCUT2D eigenvalue weighted by atomic mass is 9.87. The summed E-state index contributed by atoms with van der Waals surface area (Å²) in [6.07, 6.45) is 3.11. The van der Waals surface area contributed by atoms with Gasteiger partial charge in [0.15, 0.2) is 11.5 Å². The average molecular weight is 384 g/mol. The molecule has 0 fully saturated rings. The Bertz CT molecular complexity index is 812. The largest absolute Gasteiger partial charge is 0.493 e. The molecule has 1 amide bonds. The molecule has 6 nitrogen and oxygen atoms in total. The van der Waals surface area contributed by atoms with Gasteiger partial charge in [0.05, 0.1) is 27.4 Å². The standard InChI is InChI=1S/C22H28N2O4/c1-14(23-16-12-19(26-2)21(28-4)20(13-16)27-3)22(25)24-18-11-7-9-15-8-5-6-10-17(15)18/h5-6,8,10,12-14,18,23H,7,9,11H2,1-4H3,(H,24,25)/t14-,18+/m1/s1. The third-order valence-electron chi connectivity index (χ3n) is 5.13. The molecule has 28 heavy (non-hydrogen) atoms. The number of carbonyl (C=O) groups excluding carboxylic acids is 1. The van der Waals surface area contributed by atoms with E-state index in [1.807, 2.05) is 13.0 Å². The number of ether oxygens (including phenoxy) is 3. The van der Waals surface area contributed by atoms with Crippen molar-refractivity contribution >= 4 is 11.6 Å². The highest BCUT2D eigenvalue weighted by Crippen LogP contribution is 2.40. The fraction of sp³-hybridized carbons (Fsp3) is 0.409. The van der Waals surface area contributed by atoms with Gasteiger partial charge in [0.25, 0.3) is 0 Å². The molecular weight excluding hydrogens is 356 g/mol. The molecule has 0 heterocycles. The molecule has 2 aromatic rings. The molecule has 0 bridgehead atoms. The van der Waals surface area contributed by atoms with Gasteiger partial charge in [-0.25, -0.2) is 0 Å². The van der Waals surface area contributed by atoms with Crippen LogP contribution in [0.3, 0.4) is 0 Å². The number of carbonyl (C=O) groups is 1. The molecule has 2 N–H and O–H groups in total. The maximum Gasteiger partial charge on any atom is 0.242 e. The zero-order valence-corrected chi connectivity index (χ0v) is 16.9. The minimum absolute atomic E-state index is 0.0459. The average Bonchev–Trinajstić information content (AvgIpc) is 2.73. The fourth-order valence-electron chi connectivity index (χ4n) is 3.68. The number of methoxy groups -OCH3 is 3. The lowest BCUT2D eigenvalue weighted by Gasteiger charge is -2.28. The van der Waals surface area contributed by atoms with Gasteiger partial charge in [-0.2, -0.15) is 0 Å². The summed E-state index contributed by atoms with van der Waals surface area (Å²) >= 11 is 0. The van der Waals surface area contributed by atoms with E-state index in [-0.39, 0.29) is 11.9 Å². The minimum Gasteiger partial charge on any atom is -0.493 e. The first-order valence-corrected chi connectivity index (χ1v) is 9.52. The number of fused-ring (bicyclic) bond motifs is 1. The van der Waals surface area contributed by atoms with Crippen LogP contribution in [0.4, 0.5) is 5.69 Å². The van der Waals surface area contributed by atoms with Gasteiger partial charge in [-0.05, 0) is 37.3 Å². The van der Waals surface area contributed by atoms with Gasteiger partial charge >= 0.3 is 0 Å². The Labute approximate surface area is 166 Å². The molecule has 1 aliphatic rings. The van der Waals surface area contributed by atoms with Crippen LogP contribution >= 0.6 is 0 Å². The Morgan fingerprint density at radius 2 is 1.75 bits per heavy atom. The Morgan fingerprint density at radius 3 is 2.39 bits per heavy atom. The third kappa shape index (κ3) is 4.16. The van der Waals surface area contributed by atoms with Gasteiger partial charge < -0.3 is 24.8 Å². The van der Waals surface area contributed by atoms with Crippen molar-refractivity contribution in [3.05, 3.63) is 47.5 Å². The molecule has 2 atom stereocenters. The van der Waals surface area contributed by atoms with Gasteiger partial charge in [0.1, 0.15) is 6.04 Å². The molecule has 2 aromatic carbocycles. The van der Waals surface area contributed by atoms with Gasteiger partial charge in [-0.1, -0.05) is 24.3 Å². The Hall–Kier alpha value is -2.89. The second-order valence-corrected chi connectivity index (χ2v) is 6.93. The number of aryl methyl sites for hydroxylation is 1. The summed E-state index contributed by atoms with van der Waals surface area (Å²) in [4.78, 5) is 12.8. The van der Waals surface area contributed by atoms with Crippen LogP contribution in [-0.4, -0.2) is 33.3 Å². The molecule has 0 spiro atoms. The summed E-state index contributed by atoms with van der Waals surface area (Å²) in [6, 6.07) is 11.6. The van der Waals surface area contributed by atoms with E-state index < -0.39 is 6.04 Å². The number of anilines is 1. The van der Waals surface area contributed by atoms with Crippen LogP contribution in [0.1, 0.15) is 36.9 Å². The second kappa shape index (κ2) is 8.87. The number of hydrogen-bond donors (Lipinski definition) is 2. The zero-order chi connectivity index (χ0) is 20.1. The highest BCUT2D eigenvalue weighted by atomic mass is 16.5. The lowest BCUT2D eigenvalue weighted by molar-refractivity contribution is -0.122. The number of nitrogens with one attached hydrogen (secondary N) is 2. The minimum atomic E-state index is -0.420. The predicted molar refractivity (Wildman–Crippen MR) is 109 cm³/mol. The van der Waals surface area contributed by atoms with Crippen LogP contribution in [0.25, 0.3) is 0 Å². The van der Waals surface area contributed by atoms with E-state index in [2.05, 4.69) is 28.8 Å². The van der Waals surface area contributed by atoms with E-state index in [0.29, 0.717) is 17.2 Å². The van der Waals surface area contributed by atoms with Crippen LogP contribution in [0.2, 0.25) is 0 Å². The van der Waals surface area contributed by atoms with Gasteiger partial charge in [-0.3, -0.25) is 4.79 Å². The summed E-state index contributed by atoms with van der Waals surface area (Å²) in [5.74, 6) is 1.55. The first-order chi connectivity index (χ1) is 13.6. The van der Waals surface area contributed by atoms with Gasteiger partial charge in [-0.15, -0.1) is 0 Å². The molecule has 0 saturated heterocycles.